The molecule has 0 unspecified atom stereocenters. The largest absolute Gasteiger partial charge is 0.495 e. The van der Waals surface area contributed by atoms with E-state index in [1.807, 2.05) is 12.1 Å². The van der Waals surface area contributed by atoms with E-state index in [2.05, 4.69) is 10.0 Å². The number of halogens is 1. The van der Waals surface area contributed by atoms with Crippen LogP contribution >= 0.6 is 11.6 Å². The predicted octanol–water partition coefficient (Wildman–Crippen LogP) is 3.67. The second-order valence-corrected chi connectivity index (χ2v) is 3.06. The van der Waals surface area contributed by atoms with Gasteiger partial charge in [0.15, 0.2) is 0 Å². The number of rotatable bonds is 4. The average Bonchev–Trinajstić information content (AvgIpc) is 2.26. The second-order valence-electron chi connectivity index (χ2n) is 2.68. The molecule has 78 valence electrons. The van der Waals surface area contributed by atoms with E-state index in [1.165, 1.54) is 0 Å². The molecule has 0 atom stereocenters. The van der Waals surface area contributed by atoms with Crippen molar-refractivity contribution < 1.29 is 4.74 Å². The number of hydrogen-bond acceptors (Lipinski definition) is 2. The number of methoxy groups -OCH3 is 1. The van der Waals surface area contributed by atoms with E-state index >= 15 is 0 Å². The van der Waals surface area contributed by atoms with Crippen molar-refractivity contribution in [2.45, 2.75) is 0 Å². The van der Waals surface area contributed by atoms with Crippen molar-refractivity contribution in [1.29, 1.82) is 0 Å². The molecule has 0 fully saturated rings. The lowest BCUT2D eigenvalue weighted by atomic mass is 10.2. The quantitative estimate of drug-likeness (QED) is 0.436. The molecule has 0 N–H and O–H groups in total. The highest BCUT2D eigenvalue weighted by molar-refractivity contribution is 6.33. The van der Waals surface area contributed by atoms with Crippen molar-refractivity contribution in [1.82, 2.24) is 0 Å². The first kappa shape index (κ1) is 11.4. The van der Waals surface area contributed by atoms with Gasteiger partial charge in [-0.05, 0) is 17.2 Å². The summed E-state index contributed by atoms with van der Waals surface area (Å²) < 4.78 is 5.07. The first-order valence-corrected chi connectivity index (χ1v) is 4.67. The Kier molecular flexibility index (Phi) is 4.54. The third kappa shape index (κ3) is 3.20. The molecule has 0 heterocycles. The zero-order valence-electron chi connectivity index (χ0n) is 8.22. The van der Waals surface area contributed by atoms with E-state index in [4.69, 9.17) is 21.9 Å². The smallest absolute Gasteiger partial charge is 0.138 e. The van der Waals surface area contributed by atoms with Crippen molar-refractivity contribution in [3.63, 3.8) is 0 Å². The first-order chi connectivity index (χ1) is 7.29. The van der Waals surface area contributed by atoms with Gasteiger partial charge < -0.3 is 4.74 Å². The van der Waals surface area contributed by atoms with E-state index in [0.717, 1.165) is 5.56 Å². The highest BCUT2D eigenvalue weighted by Gasteiger charge is 2.02. The van der Waals surface area contributed by atoms with Crippen LogP contribution in [0.4, 0.5) is 0 Å². The minimum atomic E-state index is 0.310. The highest BCUT2D eigenvalue weighted by Crippen LogP contribution is 2.28. The van der Waals surface area contributed by atoms with Gasteiger partial charge >= 0.3 is 0 Å². The standard InChI is InChI=1S/C10H10ClN3O/c1-15-9-6-2-4-8(10(9)11)5-3-7-13-14-12/h2-6H,7H2,1H3. The molecular formula is C10H10ClN3O. The van der Waals surface area contributed by atoms with Crippen LogP contribution in [0.3, 0.4) is 0 Å². The summed E-state index contributed by atoms with van der Waals surface area (Å²) in [6.45, 7) is 0.310. The van der Waals surface area contributed by atoms with Crippen LogP contribution in [-0.4, -0.2) is 13.7 Å². The van der Waals surface area contributed by atoms with Crippen molar-refractivity contribution >= 4 is 17.7 Å². The molecule has 5 heteroatoms. The molecule has 0 spiro atoms. The van der Waals surface area contributed by atoms with E-state index < -0.39 is 0 Å². The number of nitrogens with zero attached hydrogens (tertiary/aromatic N) is 3. The monoisotopic (exact) mass is 223 g/mol. The Morgan fingerprint density at radius 2 is 2.40 bits per heavy atom. The van der Waals surface area contributed by atoms with Crippen molar-refractivity contribution in [3.8, 4) is 5.75 Å². The number of azide groups is 1. The van der Waals surface area contributed by atoms with Gasteiger partial charge in [0.1, 0.15) is 5.75 Å². The lowest BCUT2D eigenvalue weighted by Gasteiger charge is -2.04. The lowest BCUT2D eigenvalue weighted by molar-refractivity contribution is 0.415. The van der Waals surface area contributed by atoms with Gasteiger partial charge in [-0.1, -0.05) is 41.0 Å². The molecular weight excluding hydrogens is 214 g/mol. The summed E-state index contributed by atoms with van der Waals surface area (Å²) in [5.74, 6) is 0.627. The second kappa shape index (κ2) is 5.96. The van der Waals surface area contributed by atoms with Crippen LogP contribution in [0.15, 0.2) is 29.4 Å². The van der Waals surface area contributed by atoms with Gasteiger partial charge in [0.2, 0.25) is 0 Å². The Morgan fingerprint density at radius 1 is 1.60 bits per heavy atom. The fraction of sp³-hybridized carbons (Fsp3) is 0.200. The maximum atomic E-state index is 8.08. The maximum Gasteiger partial charge on any atom is 0.138 e. The summed E-state index contributed by atoms with van der Waals surface area (Å²) in [6, 6.07) is 5.49. The van der Waals surface area contributed by atoms with Crippen LogP contribution < -0.4 is 4.74 Å². The van der Waals surface area contributed by atoms with Gasteiger partial charge in [0, 0.05) is 11.5 Å². The third-order valence-electron chi connectivity index (χ3n) is 1.76. The van der Waals surface area contributed by atoms with Gasteiger partial charge in [-0.15, -0.1) is 0 Å². The van der Waals surface area contributed by atoms with E-state index in [1.54, 1.807) is 25.3 Å². The average molecular weight is 224 g/mol. The fourth-order valence-corrected chi connectivity index (χ4v) is 1.34. The zero-order chi connectivity index (χ0) is 11.1. The molecule has 1 rings (SSSR count). The molecule has 1 aromatic rings. The summed E-state index contributed by atoms with van der Waals surface area (Å²) >= 11 is 6.04. The van der Waals surface area contributed by atoms with Crippen LogP contribution in [0.5, 0.6) is 5.75 Å². The molecule has 0 radical (unpaired) electrons. The molecule has 0 aliphatic carbocycles. The Labute approximate surface area is 92.8 Å². The minimum absolute atomic E-state index is 0.310. The molecule has 4 nitrogen and oxygen atoms in total. The normalized spacial score (nSPS) is 10.0. The van der Waals surface area contributed by atoms with Crippen LogP contribution in [0, 0.1) is 0 Å². The Bertz CT molecular complexity index is 411. The third-order valence-corrected chi connectivity index (χ3v) is 2.17. The molecule has 0 saturated heterocycles. The maximum absolute atomic E-state index is 8.08. The predicted molar refractivity (Wildman–Crippen MR) is 61.1 cm³/mol. The van der Waals surface area contributed by atoms with E-state index in [-0.39, 0.29) is 0 Å². The van der Waals surface area contributed by atoms with E-state index in [0.29, 0.717) is 17.3 Å². The number of hydrogen-bond donors (Lipinski definition) is 0. The van der Waals surface area contributed by atoms with Crippen LogP contribution in [0.25, 0.3) is 16.5 Å². The lowest BCUT2D eigenvalue weighted by Crippen LogP contribution is -1.85. The summed E-state index contributed by atoms with van der Waals surface area (Å²) in [5, 5.41) is 3.93. The molecule has 0 aromatic heterocycles. The molecule has 0 saturated carbocycles. The van der Waals surface area contributed by atoms with Crippen LogP contribution in [-0.2, 0) is 0 Å². The molecule has 0 aliphatic rings. The van der Waals surface area contributed by atoms with Gasteiger partial charge in [-0.3, -0.25) is 0 Å². The zero-order valence-corrected chi connectivity index (χ0v) is 8.98. The van der Waals surface area contributed by atoms with Gasteiger partial charge in [0.25, 0.3) is 0 Å². The SMILES string of the molecule is COc1cccc(C=CCN=[N+]=[N-])c1Cl. The molecule has 0 bridgehead atoms. The van der Waals surface area contributed by atoms with Crippen LogP contribution in [0.1, 0.15) is 5.56 Å². The van der Waals surface area contributed by atoms with Crippen molar-refractivity contribution in [3.05, 3.63) is 45.3 Å². The highest BCUT2D eigenvalue weighted by atomic mass is 35.5. The van der Waals surface area contributed by atoms with Gasteiger partial charge in [-0.2, -0.15) is 0 Å². The van der Waals surface area contributed by atoms with E-state index in [9.17, 15) is 0 Å². The van der Waals surface area contributed by atoms with Gasteiger partial charge in [0.05, 0.1) is 12.1 Å². The molecule has 0 aliphatic heterocycles. The Morgan fingerprint density at radius 3 is 3.07 bits per heavy atom. The molecule has 15 heavy (non-hydrogen) atoms. The van der Waals surface area contributed by atoms with Gasteiger partial charge in [-0.25, -0.2) is 0 Å². The Balaban J connectivity index is 2.85. The first-order valence-electron chi connectivity index (χ1n) is 4.29. The molecule has 1 aromatic carbocycles. The molecule has 0 amide bonds. The van der Waals surface area contributed by atoms with Crippen LogP contribution in [0.2, 0.25) is 5.02 Å². The van der Waals surface area contributed by atoms with Crippen molar-refractivity contribution in [2.75, 3.05) is 13.7 Å². The van der Waals surface area contributed by atoms with Crippen molar-refractivity contribution in [2.24, 2.45) is 5.11 Å². The summed E-state index contributed by atoms with van der Waals surface area (Å²) in [6.07, 6.45) is 3.53. The summed E-state index contributed by atoms with van der Waals surface area (Å²) in [4.78, 5) is 2.64. The fourth-order valence-electron chi connectivity index (χ4n) is 1.08. The Hall–Kier alpha value is -1.64. The topological polar surface area (TPSA) is 58.0 Å². The number of ether oxygens (including phenoxy) is 1. The minimum Gasteiger partial charge on any atom is -0.495 e. The summed E-state index contributed by atoms with van der Waals surface area (Å²) in [5.41, 5.74) is 8.92. The number of benzene rings is 1. The summed E-state index contributed by atoms with van der Waals surface area (Å²) in [7, 11) is 1.56.